The average molecular weight is 226 g/mol. The summed E-state index contributed by atoms with van der Waals surface area (Å²) in [7, 11) is 1.58. The summed E-state index contributed by atoms with van der Waals surface area (Å²) in [4.78, 5) is 8.19. The van der Waals surface area contributed by atoms with Crippen molar-refractivity contribution in [2.45, 2.75) is 13.0 Å². The summed E-state index contributed by atoms with van der Waals surface area (Å²) in [6.45, 7) is 1.84. The SMILES string of the molecule is COC(C)c1noc(-c2csc(N)n2)n1. The van der Waals surface area contributed by atoms with Crippen molar-refractivity contribution >= 4 is 16.5 Å². The van der Waals surface area contributed by atoms with Crippen molar-refractivity contribution < 1.29 is 9.26 Å². The zero-order chi connectivity index (χ0) is 10.8. The predicted molar refractivity (Wildman–Crippen MR) is 55.2 cm³/mol. The van der Waals surface area contributed by atoms with Crippen LogP contribution in [0.1, 0.15) is 18.9 Å². The maximum atomic E-state index is 5.50. The predicted octanol–water partition coefficient (Wildman–Crippen LogP) is 1.48. The van der Waals surface area contributed by atoms with E-state index in [0.717, 1.165) is 0 Å². The van der Waals surface area contributed by atoms with Crippen LogP contribution in [0.15, 0.2) is 9.90 Å². The Morgan fingerprint density at radius 3 is 2.93 bits per heavy atom. The van der Waals surface area contributed by atoms with E-state index in [1.807, 2.05) is 6.92 Å². The Kier molecular flexibility index (Phi) is 2.65. The summed E-state index contributed by atoms with van der Waals surface area (Å²) in [5.74, 6) is 0.862. The van der Waals surface area contributed by atoms with Crippen LogP contribution in [0.5, 0.6) is 0 Å². The highest BCUT2D eigenvalue weighted by atomic mass is 32.1. The van der Waals surface area contributed by atoms with Crippen molar-refractivity contribution in [3.63, 3.8) is 0 Å². The maximum Gasteiger partial charge on any atom is 0.277 e. The first-order valence-corrected chi connectivity index (χ1v) is 5.16. The standard InChI is InChI=1S/C8H10N4O2S/c1-4(13-2)6-11-7(14-12-6)5-3-15-8(9)10-5/h3-4H,1-2H3,(H2,9,10). The maximum absolute atomic E-state index is 5.50. The van der Waals surface area contributed by atoms with Gasteiger partial charge in [-0.25, -0.2) is 4.98 Å². The van der Waals surface area contributed by atoms with Crippen LogP contribution < -0.4 is 5.73 Å². The molecule has 80 valence electrons. The minimum absolute atomic E-state index is 0.196. The number of nitrogens with zero attached hydrogens (tertiary/aromatic N) is 3. The molecule has 0 aliphatic carbocycles. The number of hydrogen-bond acceptors (Lipinski definition) is 7. The third kappa shape index (κ3) is 1.97. The third-order valence-electron chi connectivity index (χ3n) is 1.90. The lowest BCUT2D eigenvalue weighted by Crippen LogP contribution is -1.97. The summed E-state index contributed by atoms with van der Waals surface area (Å²) in [5.41, 5.74) is 6.10. The van der Waals surface area contributed by atoms with Gasteiger partial charge < -0.3 is 15.0 Å². The summed E-state index contributed by atoms with van der Waals surface area (Å²) in [5, 5.41) is 6.03. The zero-order valence-electron chi connectivity index (χ0n) is 8.30. The highest BCUT2D eigenvalue weighted by molar-refractivity contribution is 7.13. The van der Waals surface area contributed by atoms with E-state index in [0.29, 0.717) is 22.5 Å². The van der Waals surface area contributed by atoms with Gasteiger partial charge >= 0.3 is 0 Å². The quantitative estimate of drug-likeness (QED) is 0.853. The molecule has 1 atom stereocenters. The normalized spacial score (nSPS) is 12.9. The summed E-state index contributed by atoms with van der Waals surface area (Å²) in [6, 6.07) is 0. The molecule has 2 heterocycles. The van der Waals surface area contributed by atoms with Crippen molar-refractivity contribution in [1.29, 1.82) is 0 Å². The molecule has 0 bridgehead atoms. The van der Waals surface area contributed by atoms with E-state index in [1.54, 1.807) is 12.5 Å². The van der Waals surface area contributed by atoms with Crippen molar-refractivity contribution in [3.8, 4) is 11.6 Å². The molecule has 7 heteroatoms. The number of ether oxygens (including phenoxy) is 1. The molecule has 0 radical (unpaired) electrons. The second-order valence-electron chi connectivity index (χ2n) is 2.91. The van der Waals surface area contributed by atoms with Gasteiger partial charge in [0, 0.05) is 12.5 Å². The van der Waals surface area contributed by atoms with E-state index in [4.69, 9.17) is 15.0 Å². The highest BCUT2D eigenvalue weighted by Crippen LogP contribution is 2.23. The molecule has 0 aromatic carbocycles. The van der Waals surface area contributed by atoms with Crippen LogP contribution in [0, 0.1) is 0 Å². The van der Waals surface area contributed by atoms with E-state index < -0.39 is 0 Å². The van der Waals surface area contributed by atoms with Crippen LogP contribution in [0.2, 0.25) is 0 Å². The van der Waals surface area contributed by atoms with E-state index in [-0.39, 0.29) is 6.10 Å². The fraction of sp³-hybridized carbons (Fsp3) is 0.375. The Balaban J connectivity index is 2.27. The molecule has 0 saturated carbocycles. The summed E-state index contributed by atoms with van der Waals surface area (Å²) < 4.78 is 10.1. The van der Waals surface area contributed by atoms with E-state index in [9.17, 15) is 0 Å². The van der Waals surface area contributed by atoms with Crippen molar-refractivity contribution in [3.05, 3.63) is 11.2 Å². The second-order valence-corrected chi connectivity index (χ2v) is 3.80. The molecule has 0 aliphatic heterocycles. The monoisotopic (exact) mass is 226 g/mol. The fourth-order valence-corrected chi connectivity index (χ4v) is 1.53. The van der Waals surface area contributed by atoms with Gasteiger partial charge in [-0.05, 0) is 6.92 Å². The van der Waals surface area contributed by atoms with Gasteiger partial charge in [0.2, 0.25) is 5.82 Å². The fourth-order valence-electron chi connectivity index (χ4n) is 0.995. The van der Waals surface area contributed by atoms with Crippen LogP contribution in [0.3, 0.4) is 0 Å². The first-order chi connectivity index (χ1) is 7.20. The van der Waals surface area contributed by atoms with Gasteiger partial charge in [0.05, 0.1) is 0 Å². The van der Waals surface area contributed by atoms with Crippen LogP contribution >= 0.6 is 11.3 Å². The molecule has 0 fully saturated rings. The van der Waals surface area contributed by atoms with Gasteiger partial charge in [0.1, 0.15) is 11.8 Å². The largest absolute Gasteiger partial charge is 0.375 e. The molecule has 1 unspecified atom stereocenters. The lowest BCUT2D eigenvalue weighted by atomic mass is 10.4. The molecule has 0 saturated heterocycles. The van der Waals surface area contributed by atoms with Gasteiger partial charge in [-0.3, -0.25) is 0 Å². The topological polar surface area (TPSA) is 87.1 Å². The second kappa shape index (κ2) is 3.95. The number of rotatable bonds is 3. The van der Waals surface area contributed by atoms with Gasteiger partial charge in [-0.1, -0.05) is 5.16 Å². The Labute approximate surface area is 90.1 Å². The van der Waals surface area contributed by atoms with Gasteiger partial charge in [0.15, 0.2) is 5.13 Å². The molecule has 0 spiro atoms. The minimum Gasteiger partial charge on any atom is -0.375 e. The lowest BCUT2D eigenvalue weighted by Gasteiger charge is -2.00. The Hall–Kier alpha value is -1.47. The average Bonchev–Trinajstić information content (AvgIpc) is 2.84. The van der Waals surface area contributed by atoms with Gasteiger partial charge in [-0.15, -0.1) is 11.3 Å². The molecule has 2 aromatic rings. The number of nitrogen functional groups attached to an aromatic ring is 1. The molecular weight excluding hydrogens is 216 g/mol. The van der Waals surface area contributed by atoms with Crippen molar-refractivity contribution in [2.24, 2.45) is 0 Å². The number of methoxy groups -OCH3 is 1. The summed E-state index contributed by atoms with van der Waals surface area (Å²) >= 11 is 1.33. The number of nitrogens with two attached hydrogens (primary N) is 1. The Morgan fingerprint density at radius 2 is 2.33 bits per heavy atom. The number of aromatic nitrogens is 3. The molecular formula is C8H10N4O2S. The highest BCUT2D eigenvalue weighted by Gasteiger charge is 2.15. The Bertz CT molecular complexity index is 453. The molecule has 0 amide bonds. The molecule has 0 aliphatic rings. The van der Waals surface area contributed by atoms with Gasteiger partial charge in [0.25, 0.3) is 5.89 Å². The molecule has 2 rings (SSSR count). The molecule has 6 nitrogen and oxygen atoms in total. The molecule has 2 aromatic heterocycles. The first kappa shape index (κ1) is 10.1. The van der Waals surface area contributed by atoms with Gasteiger partial charge in [-0.2, -0.15) is 4.98 Å². The van der Waals surface area contributed by atoms with Crippen LogP contribution in [-0.4, -0.2) is 22.2 Å². The zero-order valence-corrected chi connectivity index (χ0v) is 9.11. The molecule has 2 N–H and O–H groups in total. The summed E-state index contributed by atoms with van der Waals surface area (Å²) in [6.07, 6.45) is -0.196. The van der Waals surface area contributed by atoms with Crippen LogP contribution in [0.4, 0.5) is 5.13 Å². The van der Waals surface area contributed by atoms with E-state index in [1.165, 1.54) is 11.3 Å². The smallest absolute Gasteiger partial charge is 0.277 e. The molecule has 15 heavy (non-hydrogen) atoms. The van der Waals surface area contributed by atoms with E-state index in [2.05, 4.69) is 15.1 Å². The van der Waals surface area contributed by atoms with Crippen molar-refractivity contribution in [2.75, 3.05) is 12.8 Å². The van der Waals surface area contributed by atoms with Crippen LogP contribution in [0.25, 0.3) is 11.6 Å². The lowest BCUT2D eigenvalue weighted by molar-refractivity contribution is 0.109. The number of thiazole rings is 1. The number of anilines is 1. The minimum atomic E-state index is -0.196. The Morgan fingerprint density at radius 1 is 1.53 bits per heavy atom. The number of hydrogen-bond donors (Lipinski definition) is 1. The van der Waals surface area contributed by atoms with Crippen molar-refractivity contribution in [1.82, 2.24) is 15.1 Å². The van der Waals surface area contributed by atoms with E-state index >= 15 is 0 Å². The first-order valence-electron chi connectivity index (χ1n) is 4.28. The third-order valence-corrected chi connectivity index (χ3v) is 2.57. The van der Waals surface area contributed by atoms with Crippen LogP contribution in [-0.2, 0) is 4.74 Å².